The van der Waals surface area contributed by atoms with Crippen molar-refractivity contribution in [1.29, 1.82) is 0 Å². The summed E-state index contributed by atoms with van der Waals surface area (Å²) in [6.07, 6.45) is -4.38. The molecule has 25 nitrogen and oxygen atoms in total. The van der Waals surface area contributed by atoms with Crippen molar-refractivity contribution in [3.8, 4) is 0 Å². The van der Waals surface area contributed by atoms with Gasteiger partial charge in [0.25, 0.3) is 11.5 Å². The van der Waals surface area contributed by atoms with Crippen molar-refractivity contribution in [2.24, 2.45) is 11.8 Å². The van der Waals surface area contributed by atoms with Crippen LogP contribution in [0.4, 0.5) is 11.8 Å². The highest BCUT2D eigenvalue weighted by atomic mass is 31.2. The molecular weight excluding hydrogens is 886 g/mol. The Morgan fingerprint density at radius 3 is 2.25 bits per heavy atom. The molecule has 342 valence electrons. The van der Waals surface area contributed by atoms with E-state index in [-0.39, 0.29) is 34.1 Å². The summed E-state index contributed by atoms with van der Waals surface area (Å²) >= 11 is 0. The molecule has 4 saturated heterocycles. The van der Waals surface area contributed by atoms with Crippen LogP contribution in [0.5, 0.6) is 0 Å². The third-order valence-electron chi connectivity index (χ3n) is 11.1. The first kappa shape index (κ1) is 44.3. The molecule has 5 aromatic rings. The van der Waals surface area contributed by atoms with Gasteiger partial charge in [0.05, 0.1) is 25.9 Å². The number of benzene rings is 1. The van der Waals surface area contributed by atoms with Gasteiger partial charge in [0, 0.05) is 24.0 Å². The second-order valence-electron chi connectivity index (χ2n) is 15.8. The van der Waals surface area contributed by atoms with Crippen LogP contribution in [-0.2, 0) is 51.0 Å². The van der Waals surface area contributed by atoms with Crippen molar-refractivity contribution < 1.29 is 65.5 Å². The Hall–Kier alpha value is -4.88. The number of nitrogens with one attached hydrogen (secondary N) is 3. The summed E-state index contributed by atoms with van der Waals surface area (Å²) in [5, 5.41) is 5.28. The average Bonchev–Trinajstić information content (AvgIpc) is 4.04. The number of carbonyl (C=O) groups excluding carboxylic acids is 2. The molecule has 64 heavy (non-hydrogen) atoms. The molecule has 1 aromatic carbocycles. The van der Waals surface area contributed by atoms with Gasteiger partial charge in [-0.2, -0.15) is 4.98 Å². The van der Waals surface area contributed by atoms with Gasteiger partial charge in [-0.1, -0.05) is 39.0 Å². The van der Waals surface area contributed by atoms with Crippen molar-refractivity contribution >= 4 is 61.6 Å². The van der Waals surface area contributed by atoms with Gasteiger partial charge < -0.3 is 34.1 Å². The van der Waals surface area contributed by atoms with E-state index in [9.17, 15) is 33.3 Å². The zero-order chi connectivity index (χ0) is 44.9. The summed E-state index contributed by atoms with van der Waals surface area (Å²) in [7, 11) is -10.1. The predicted molar refractivity (Wildman–Crippen MR) is 218 cm³/mol. The summed E-state index contributed by atoms with van der Waals surface area (Å²) in [5.41, 5.74) is -0.0835. The molecule has 2 amide bonds. The Balaban J connectivity index is 0.998. The highest BCUT2D eigenvalue weighted by Gasteiger charge is 2.55. The van der Waals surface area contributed by atoms with Crippen LogP contribution in [0.15, 0.2) is 54.1 Å². The van der Waals surface area contributed by atoms with E-state index in [1.54, 1.807) is 51.1 Å². The number of hydrogen-bond donors (Lipinski definition) is 5. The molecule has 4 aromatic heterocycles. The predicted octanol–water partition coefficient (Wildman–Crippen LogP) is 3.17. The number of phosphoric acid groups is 2. The third-order valence-corrected chi connectivity index (χ3v) is 13.0. The van der Waals surface area contributed by atoms with Crippen LogP contribution in [0.25, 0.3) is 22.3 Å². The minimum Gasteiger partial charge on any atom is -0.353 e. The second-order valence-corrected chi connectivity index (χ2v) is 18.6. The quantitative estimate of drug-likeness (QED) is 0.140. The maximum absolute atomic E-state index is 14.0. The van der Waals surface area contributed by atoms with Crippen LogP contribution < -0.4 is 16.2 Å². The Bertz CT molecular complexity index is 2690. The number of imidazole rings is 2. The van der Waals surface area contributed by atoms with Crippen LogP contribution >= 0.6 is 15.6 Å². The molecular formula is C37H44N10O15P2. The van der Waals surface area contributed by atoms with Gasteiger partial charge in [0.15, 0.2) is 40.7 Å². The molecule has 0 spiro atoms. The number of aromatic amines is 1. The smallest absolute Gasteiger partial charge is 0.353 e. The molecule has 8 heterocycles. The number of H-pyrrole nitrogens is 1. The molecule has 3 unspecified atom stereocenters. The van der Waals surface area contributed by atoms with Crippen molar-refractivity contribution in [3.63, 3.8) is 0 Å². The molecule has 5 N–H and O–H groups in total. The number of phosphoric ester groups is 2. The van der Waals surface area contributed by atoms with Crippen LogP contribution in [0.2, 0.25) is 0 Å². The second kappa shape index (κ2) is 17.8. The van der Waals surface area contributed by atoms with Gasteiger partial charge in [0.1, 0.15) is 43.1 Å². The molecule has 0 bridgehead atoms. The van der Waals surface area contributed by atoms with E-state index < -0.39 is 107 Å². The van der Waals surface area contributed by atoms with E-state index in [2.05, 4.69) is 40.5 Å². The summed E-state index contributed by atoms with van der Waals surface area (Å²) in [6.45, 7) is 3.86. The van der Waals surface area contributed by atoms with Gasteiger partial charge in [0.2, 0.25) is 11.9 Å². The summed E-state index contributed by atoms with van der Waals surface area (Å²) < 4.78 is 78.1. The number of amides is 2. The molecule has 4 fully saturated rings. The molecule has 9 rings (SSSR count). The molecule has 0 saturated carbocycles. The van der Waals surface area contributed by atoms with Crippen LogP contribution in [0.1, 0.15) is 62.8 Å². The molecule has 0 aliphatic carbocycles. The number of rotatable bonds is 8. The third kappa shape index (κ3) is 9.03. The molecule has 4 aliphatic rings. The zero-order valence-corrected chi connectivity index (χ0v) is 36.2. The number of carbonyl (C=O) groups is 2. The van der Waals surface area contributed by atoms with Crippen molar-refractivity contribution in [1.82, 2.24) is 39.0 Å². The standard InChI is InChI=1S/C37H44N10O15P2/c1-18(2)32(48)44-37-43-31-25(34(50)45-37)41-17-47(31)36-28(60-23-11-7-8-12-55-23)27-22(59-36)14-57-63(51,52)61-26-19(3)35(58-21(26)13-56-64(53,54)62-27)46-16-40-24-29(38-15-39-30(24)46)42-33(49)20-9-5-4-6-10-20/h4-6,9-10,15-19,21-23,26-28,35-36H,7-8,11-14H2,1-3H3,(H,51,52)(H,53,54)(H,38,39,42,49)(H2,43,44,45,48,50)/t19-,21-,22-,23?,26+,27-,28-,35-,36-/m1/s1. The number of fused-ring (bicyclic) bond motifs is 4. The Labute approximate surface area is 362 Å². The lowest BCUT2D eigenvalue weighted by Gasteiger charge is -2.32. The van der Waals surface area contributed by atoms with Gasteiger partial charge >= 0.3 is 15.6 Å². The Kier molecular flexibility index (Phi) is 12.4. The highest BCUT2D eigenvalue weighted by Crippen LogP contribution is 2.55. The monoisotopic (exact) mass is 930 g/mol. The SMILES string of the molecule is CC(C)C(=O)Nc1nc2c(ncn2[C@@H]2O[C@@H]3COP(=O)(O)O[C@H]4[C@@H](C)[C@H](n5cnc6c(NC(=O)c7ccccc7)ncnc65)O[C@@H]4COP(=O)(O)O[C@H]3[C@H]2OC2CCCCO2)c(=O)[nH]1. The van der Waals surface area contributed by atoms with E-state index in [4.69, 9.17) is 37.0 Å². The van der Waals surface area contributed by atoms with Crippen molar-refractivity contribution in [2.75, 3.05) is 30.5 Å². The molecule has 11 atom stereocenters. The van der Waals surface area contributed by atoms with E-state index in [0.717, 1.165) is 12.8 Å². The van der Waals surface area contributed by atoms with Gasteiger partial charge in [-0.3, -0.25) is 51.9 Å². The number of hydrogen-bond acceptors (Lipinski definition) is 18. The topological polar surface area (TPSA) is 314 Å². The van der Waals surface area contributed by atoms with E-state index in [1.165, 1.54) is 28.1 Å². The Morgan fingerprint density at radius 1 is 0.875 bits per heavy atom. The molecule has 0 radical (unpaired) electrons. The van der Waals surface area contributed by atoms with E-state index in [1.807, 2.05) is 0 Å². The first-order valence-electron chi connectivity index (χ1n) is 20.4. The van der Waals surface area contributed by atoms with Gasteiger partial charge in [-0.15, -0.1) is 0 Å². The van der Waals surface area contributed by atoms with Crippen LogP contribution in [0.3, 0.4) is 0 Å². The summed E-state index contributed by atoms with van der Waals surface area (Å²) in [5.74, 6) is -2.18. The van der Waals surface area contributed by atoms with Crippen molar-refractivity contribution in [3.05, 3.63) is 65.2 Å². The highest BCUT2D eigenvalue weighted by molar-refractivity contribution is 7.47. The minimum atomic E-state index is -5.10. The van der Waals surface area contributed by atoms with Gasteiger partial charge in [-0.25, -0.2) is 29.1 Å². The lowest BCUT2D eigenvalue weighted by molar-refractivity contribution is -0.214. The first-order valence-corrected chi connectivity index (χ1v) is 23.3. The fourth-order valence-electron chi connectivity index (χ4n) is 7.87. The maximum atomic E-state index is 14.0. The molecule has 27 heteroatoms. The maximum Gasteiger partial charge on any atom is 0.472 e. The fourth-order valence-corrected chi connectivity index (χ4v) is 9.86. The fraction of sp³-hybridized carbons (Fsp3) is 0.514. The summed E-state index contributed by atoms with van der Waals surface area (Å²) in [4.78, 5) is 85.2. The number of aromatic nitrogens is 8. The number of anilines is 2. The first-order chi connectivity index (χ1) is 30.6. The van der Waals surface area contributed by atoms with Gasteiger partial charge in [-0.05, 0) is 31.4 Å². The largest absolute Gasteiger partial charge is 0.472 e. The lowest BCUT2D eigenvalue weighted by Crippen LogP contribution is -2.41. The number of ether oxygens (including phenoxy) is 4. The average molecular weight is 931 g/mol. The number of nitrogens with zero attached hydrogens (tertiary/aromatic N) is 7. The van der Waals surface area contributed by atoms with Crippen LogP contribution in [-0.4, -0.2) is 117 Å². The van der Waals surface area contributed by atoms with E-state index in [0.29, 0.717) is 18.6 Å². The minimum absolute atomic E-state index is 0.0670. The summed E-state index contributed by atoms with van der Waals surface area (Å²) in [6, 6.07) is 8.48. The lowest BCUT2D eigenvalue weighted by atomic mass is 10.0. The zero-order valence-electron chi connectivity index (χ0n) is 34.4. The van der Waals surface area contributed by atoms with Crippen LogP contribution in [0, 0.1) is 11.8 Å². The normalized spacial score (nSPS) is 32.4. The van der Waals surface area contributed by atoms with E-state index >= 15 is 0 Å². The van der Waals surface area contributed by atoms with Crippen molar-refractivity contribution in [2.45, 2.75) is 89.3 Å². The molecule has 4 aliphatic heterocycles. The Morgan fingerprint density at radius 2 is 1.55 bits per heavy atom.